The van der Waals surface area contributed by atoms with Crippen molar-refractivity contribution in [3.63, 3.8) is 0 Å². The van der Waals surface area contributed by atoms with E-state index in [4.69, 9.17) is 4.74 Å². The van der Waals surface area contributed by atoms with Gasteiger partial charge in [0.05, 0.1) is 11.8 Å². The number of aromatic nitrogens is 2. The first-order valence-electron chi connectivity index (χ1n) is 7.05. The second-order valence-corrected chi connectivity index (χ2v) is 4.91. The molecule has 1 heterocycles. The fourth-order valence-corrected chi connectivity index (χ4v) is 2.01. The van der Waals surface area contributed by atoms with Crippen LogP contribution in [0.1, 0.15) is 33.1 Å². The molecule has 0 aliphatic carbocycles. The topological polar surface area (TPSA) is 35.0 Å². The van der Waals surface area contributed by atoms with Crippen LogP contribution in [0.5, 0.6) is 5.88 Å². The molecule has 0 saturated heterocycles. The number of unbranched alkanes of at least 4 members (excludes halogenated alkanes) is 1. The zero-order chi connectivity index (χ0) is 15.2. The van der Waals surface area contributed by atoms with Gasteiger partial charge in [0.2, 0.25) is 5.88 Å². The average Bonchev–Trinajstić information content (AvgIpc) is 2.48. The first kappa shape index (κ1) is 15.4. The van der Waals surface area contributed by atoms with Crippen LogP contribution in [0, 0.1) is 11.6 Å². The Labute approximate surface area is 123 Å². The Kier molecular flexibility index (Phi) is 5.20. The molecular weight excluding hydrogens is 274 g/mol. The van der Waals surface area contributed by atoms with Crippen molar-refractivity contribution in [1.82, 2.24) is 9.97 Å². The molecule has 0 aliphatic heterocycles. The molecule has 1 aromatic carbocycles. The van der Waals surface area contributed by atoms with E-state index in [2.05, 4.69) is 16.9 Å². The number of benzene rings is 1. The van der Waals surface area contributed by atoms with Gasteiger partial charge in [-0.05, 0) is 25.5 Å². The first-order chi connectivity index (χ1) is 10.1. The molecular formula is C16H18F2N2O. The number of nitrogens with zero attached hydrogens (tertiary/aromatic N) is 2. The van der Waals surface area contributed by atoms with E-state index in [0.29, 0.717) is 11.6 Å². The van der Waals surface area contributed by atoms with Gasteiger partial charge in [0, 0.05) is 11.6 Å². The highest BCUT2D eigenvalue weighted by Gasteiger charge is 2.13. The van der Waals surface area contributed by atoms with E-state index in [9.17, 15) is 8.78 Å². The van der Waals surface area contributed by atoms with E-state index < -0.39 is 11.6 Å². The standard InChI is InChI=1S/C16H18F2N2O/c1-3-4-6-11(2)21-15-9-14(19-10-20-15)12-7-5-8-13(17)16(12)18/h5,7-11H,3-4,6H2,1-2H3. The molecule has 0 amide bonds. The van der Waals surface area contributed by atoms with E-state index in [1.165, 1.54) is 24.5 Å². The summed E-state index contributed by atoms with van der Waals surface area (Å²) in [4.78, 5) is 8.00. The van der Waals surface area contributed by atoms with E-state index in [-0.39, 0.29) is 11.7 Å². The summed E-state index contributed by atoms with van der Waals surface area (Å²) in [6.07, 6.45) is 4.39. The third-order valence-electron chi connectivity index (χ3n) is 3.16. The van der Waals surface area contributed by atoms with Gasteiger partial charge < -0.3 is 4.74 Å². The van der Waals surface area contributed by atoms with E-state index in [1.54, 1.807) is 0 Å². The minimum absolute atomic E-state index is 0.0186. The highest BCUT2D eigenvalue weighted by atomic mass is 19.2. The summed E-state index contributed by atoms with van der Waals surface area (Å²) in [7, 11) is 0. The van der Waals surface area contributed by atoms with Crippen LogP contribution in [0.2, 0.25) is 0 Å². The van der Waals surface area contributed by atoms with Gasteiger partial charge in [-0.2, -0.15) is 0 Å². The fourth-order valence-electron chi connectivity index (χ4n) is 2.01. The van der Waals surface area contributed by atoms with Crippen LogP contribution in [0.3, 0.4) is 0 Å². The number of halogens is 2. The highest BCUT2D eigenvalue weighted by molar-refractivity contribution is 5.60. The summed E-state index contributed by atoms with van der Waals surface area (Å²) < 4.78 is 32.7. The first-order valence-corrected chi connectivity index (χ1v) is 7.05. The largest absolute Gasteiger partial charge is 0.475 e. The van der Waals surface area contributed by atoms with Crippen LogP contribution >= 0.6 is 0 Å². The normalized spacial score (nSPS) is 12.2. The molecule has 5 heteroatoms. The summed E-state index contributed by atoms with van der Waals surface area (Å²) in [5.41, 5.74) is 0.406. The second-order valence-electron chi connectivity index (χ2n) is 4.91. The van der Waals surface area contributed by atoms with Gasteiger partial charge in [-0.1, -0.05) is 25.8 Å². The third-order valence-corrected chi connectivity index (χ3v) is 3.16. The monoisotopic (exact) mass is 292 g/mol. The zero-order valence-electron chi connectivity index (χ0n) is 12.1. The molecule has 0 fully saturated rings. The van der Waals surface area contributed by atoms with Crippen molar-refractivity contribution in [3.8, 4) is 17.1 Å². The van der Waals surface area contributed by atoms with Crippen LogP contribution in [0.25, 0.3) is 11.3 Å². The Morgan fingerprint density at radius 2 is 2.05 bits per heavy atom. The summed E-state index contributed by atoms with van der Waals surface area (Å²) in [5.74, 6) is -1.45. The van der Waals surface area contributed by atoms with Crippen LogP contribution in [0.15, 0.2) is 30.6 Å². The smallest absolute Gasteiger partial charge is 0.217 e. The van der Waals surface area contributed by atoms with Gasteiger partial charge in [-0.3, -0.25) is 0 Å². The van der Waals surface area contributed by atoms with E-state index >= 15 is 0 Å². The molecule has 0 bridgehead atoms. The van der Waals surface area contributed by atoms with Crippen LogP contribution in [0.4, 0.5) is 8.78 Å². The maximum absolute atomic E-state index is 13.8. The number of ether oxygens (including phenoxy) is 1. The zero-order valence-corrected chi connectivity index (χ0v) is 12.1. The van der Waals surface area contributed by atoms with E-state index in [0.717, 1.165) is 25.3 Å². The lowest BCUT2D eigenvalue weighted by molar-refractivity contribution is 0.199. The minimum atomic E-state index is -0.916. The van der Waals surface area contributed by atoms with Gasteiger partial charge in [0.1, 0.15) is 6.33 Å². The van der Waals surface area contributed by atoms with Gasteiger partial charge in [0.15, 0.2) is 11.6 Å². The second kappa shape index (κ2) is 7.11. The van der Waals surface area contributed by atoms with Crippen molar-refractivity contribution in [2.75, 3.05) is 0 Å². The maximum Gasteiger partial charge on any atom is 0.217 e. The van der Waals surface area contributed by atoms with Crippen molar-refractivity contribution in [1.29, 1.82) is 0 Å². The molecule has 2 aromatic rings. The molecule has 3 nitrogen and oxygen atoms in total. The Hall–Kier alpha value is -2.04. The molecule has 0 N–H and O–H groups in total. The molecule has 1 unspecified atom stereocenters. The van der Waals surface area contributed by atoms with Gasteiger partial charge in [-0.15, -0.1) is 0 Å². The lowest BCUT2D eigenvalue weighted by Gasteiger charge is -2.13. The van der Waals surface area contributed by atoms with E-state index in [1.807, 2.05) is 6.92 Å². The van der Waals surface area contributed by atoms with Gasteiger partial charge >= 0.3 is 0 Å². The van der Waals surface area contributed by atoms with Crippen LogP contribution in [-0.2, 0) is 0 Å². The SMILES string of the molecule is CCCCC(C)Oc1cc(-c2cccc(F)c2F)ncn1. The Balaban J connectivity index is 2.19. The Morgan fingerprint density at radius 1 is 1.24 bits per heavy atom. The fraction of sp³-hybridized carbons (Fsp3) is 0.375. The van der Waals surface area contributed by atoms with Gasteiger partial charge in [-0.25, -0.2) is 18.7 Å². The van der Waals surface area contributed by atoms with Crippen LogP contribution in [-0.4, -0.2) is 16.1 Å². The Morgan fingerprint density at radius 3 is 2.81 bits per heavy atom. The van der Waals surface area contributed by atoms with Crippen LogP contribution < -0.4 is 4.74 Å². The molecule has 1 aromatic heterocycles. The molecule has 1 atom stereocenters. The third kappa shape index (κ3) is 3.97. The number of rotatable bonds is 6. The van der Waals surface area contributed by atoms with Crippen molar-refractivity contribution in [2.24, 2.45) is 0 Å². The molecule has 0 radical (unpaired) electrons. The lowest BCUT2D eigenvalue weighted by atomic mass is 10.1. The lowest BCUT2D eigenvalue weighted by Crippen LogP contribution is -2.12. The molecule has 0 spiro atoms. The molecule has 2 rings (SSSR count). The number of hydrogen-bond donors (Lipinski definition) is 0. The van der Waals surface area contributed by atoms with Crippen molar-refractivity contribution < 1.29 is 13.5 Å². The molecule has 0 saturated carbocycles. The highest BCUT2D eigenvalue weighted by Crippen LogP contribution is 2.24. The quantitative estimate of drug-likeness (QED) is 0.792. The van der Waals surface area contributed by atoms with Gasteiger partial charge in [0.25, 0.3) is 0 Å². The summed E-state index contributed by atoms with van der Waals surface area (Å²) in [6.45, 7) is 4.07. The predicted octanol–water partition coefficient (Wildman–Crippen LogP) is 4.38. The van der Waals surface area contributed by atoms with Crippen molar-refractivity contribution >= 4 is 0 Å². The summed E-state index contributed by atoms with van der Waals surface area (Å²) in [5, 5.41) is 0. The molecule has 0 aliphatic rings. The molecule has 21 heavy (non-hydrogen) atoms. The average molecular weight is 292 g/mol. The molecule has 112 valence electrons. The Bertz CT molecular complexity index is 605. The van der Waals surface area contributed by atoms with Crippen molar-refractivity contribution in [2.45, 2.75) is 39.2 Å². The minimum Gasteiger partial charge on any atom is -0.475 e. The maximum atomic E-state index is 13.8. The summed E-state index contributed by atoms with van der Waals surface area (Å²) >= 11 is 0. The van der Waals surface area contributed by atoms with Crippen molar-refractivity contribution in [3.05, 3.63) is 42.2 Å². The predicted molar refractivity (Wildman–Crippen MR) is 77.0 cm³/mol. The number of hydrogen-bond acceptors (Lipinski definition) is 3. The summed E-state index contributed by atoms with van der Waals surface area (Å²) in [6, 6.07) is 5.52.